The highest BCUT2D eigenvalue weighted by Crippen LogP contribution is 2.48. The predicted molar refractivity (Wildman–Crippen MR) is 139 cm³/mol. The van der Waals surface area contributed by atoms with Gasteiger partial charge in [-0.3, -0.25) is 9.32 Å². The van der Waals surface area contributed by atoms with E-state index in [-0.39, 0.29) is 30.7 Å². The number of nitrogens with zero attached hydrogens (tertiary/aromatic N) is 3. The number of anilines is 1. The minimum atomic E-state index is -4.05. The summed E-state index contributed by atoms with van der Waals surface area (Å²) in [6.45, 7) is 2.92. The highest BCUT2D eigenvalue weighted by Gasteiger charge is 2.53. The number of ether oxygens (including phenoxy) is 2. The summed E-state index contributed by atoms with van der Waals surface area (Å²) in [7, 11) is -4.05. The maximum atomic E-state index is 13.7. The molecular weight excluding hydrogens is 529 g/mol. The highest BCUT2D eigenvalue weighted by atomic mass is 31.2. The first-order valence-electron chi connectivity index (χ1n) is 12.6. The van der Waals surface area contributed by atoms with Crippen LogP contribution in [0.5, 0.6) is 5.75 Å². The number of aliphatic hydroxyl groups excluding tert-OH is 2. The van der Waals surface area contributed by atoms with E-state index in [9.17, 15) is 19.6 Å². The molecule has 0 radical (unpaired) electrons. The van der Waals surface area contributed by atoms with Gasteiger partial charge in [-0.1, -0.05) is 18.2 Å². The van der Waals surface area contributed by atoms with Crippen LogP contribution in [0.15, 0.2) is 48.8 Å². The first-order chi connectivity index (χ1) is 18.5. The van der Waals surface area contributed by atoms with Gasteiger partial charge in [0.1, 0.15) is 48.1 Å². The topological polar surface area (TPSA) is 180 Å². The van der Waals surface area contributed by atoms with E-state index in [1.165, 1.54) is 17.8 Å². The second-order valence-corrected chi connectivity index (χ2v) is 12.0. The molecule has 2 fully saturated rings. The number of fused-ring (bicyclic) bond motifs is 1. The lowest BCUT2D eigenvalue weighted by Crippen LogP contribution is -2.44. The average Bonchev–Trinajstić information content (AvgIpc) is 3.46. The van der Waals surface area contributed by atoms with Gasteiger partial charge >= 0.3 is 13.7 Å². The number of carbonyl (C=O) groups excluding carboxylic acids is 1. The van der Waals surface area contributed by atoms with Gasteiger partial charge < -0.3 is 29.9 Å². The van der Waals surface area contributed by atoms with Crippen LogP contribution in [0.1, 0.15) is 38.5 Å². The van der Waals surface area contributed by atoms with Crippen molar-refractivity contribution in [1.29, 1.82) is 0 Å². The zero-order valence-electron chi connectivity index (χ0n) is 21.6. The molecule has 210 valence electrons. The fourth-order valence-electron chi connectivity index (χ4n) is 4.33. The number of aliphatic hydroxyl groups is 2. The van der Waals surface area contributed by atoms with Crippen LogP contribution in [-0.4, -0.2) is 68.3 Å². The van der Waals surface area contributed by atoms with Crippen LogP contribution >= 0.6 is 7.75 Å². The Kier molecular flexibility index (Phi) is 7.40. The van der Waals surface area contributed by atoms with Crippen LogP contribution in [-0.2, 0) is 23.4 Å². The molecule has 0 amide bonds. The molecule has 1 unspecified atom stereocenters. The van der Waals surface area contributed by atoms with Crippen molar-refractivity contribution < 1.29 is 38.1 Å². The molecule has 1 saturated heterocycles. The molecule has 2 aromatic heterocycles. The van der Waals surface area contributed by atoms with Crippen molar-refractivity contribution in [1.82, 2.24) is 19.7 Å². The average molecular weight is 562 g/mol. The Balaban J connectivity index is 1.28. The number of benzene rings is 1. The number of esters is 1. The van der Waals surface area contributed by atoms with Crippen LogP contribution in [0, 0.1) is 5.41 Å². The molecular formula is C25H32N5O8P. The zero-order chi connectivity index (χ0) is 27.8. The Bertz CT molecular complexity index is 1380. The summed E-state index contributed by atoms with van der Waals surface area (Å²) < 4.78 is 38.0. The van der Waals surface area contributed by atoms with Gasteiger partial charge in [-0.2, -0.15) is 5.10 Å². The standard InChI is InChI=1S/C25H32N5O8P/c1-24(10-11-24)23(33)35-13-12-29-39(34,38-16-6-4-3-5-7-16)36-14-25(2)21(32)19(31)20(37-25)17-8-9-18-22(26)27-15-28-30(17)18/h3-9,15,19-21,31-32H,10-14H2,1-2H3,(H,29,34)(H2,26,27,28)/t19-,20-,21-,25+,39?/m0/s1. The van der Waals surface area contributed by atoms with Crippen molar-refractivity contribution >= 4 is 25.1 Å². The van der Waals surface area contributed by atoms with Gasteiger partial charge in [0, 0.05) is 6.54 Å². The van der Waals surface area contributed by atoms with E-state index in [2.05, 4.69) is 15.2 Å². The molecule has 5 N–H and O–H groups in total. The lowest BCUT2D eigenvalue weighted by molar-refractivity contribution is -0.149. The largest absolute Gasteiger partial charge is 0.464 e. The van der Waals surface area contributed by atoms with E-state index in [0.29, 0.717) is 11.2 Å². The van der Waals surface area contributed by atoms with Crippen LogP contribution in [0.2, 0.25) is 0 Å². The van der Waals surface area contributed by atoms with E-state index >= 15 is 0 Å². The monoisotopic (exact) mass is 561 g/mol. The van der Waals surface area contributed by atoms with E-state index < -0.39 is 43.7 Å². The fourth-order valence-corrected chi connectivity index (χ4v) is 5.73. The maximum Gasteiger partial charge on any atom is 0.458 e. The summed E-state index contributed by atoms with van der Waals surface area (Å²) in [5, 5.41) is 28.7. The van der Waals surface area contributed by atoms with Gasteiger partial charge in [0.05, 0.1) is 17.7 Å². The van der Waals surface area contributed by atoms with Crippen LogP contribution in [0.25, 0.3) is 5.52 Å². The lowest BCUT2D eigenvalue weighted by atomic mass is 9.97. The third-order valence-electron chi connectivity index (χ3n) is 7.08. The summed E-state index contributed by atoms with van der Waals surface area (Å²) >= 11 is 0. The number of carbonyl (C=O) groups is 1. The van der Waals surface area contributed by atoms with Crippen molar-refractivity contribution in [3.63, 3.8) is 0 Å². The van der Waals surface area contributed by atoms with Crippen molar-refractivity contribution in [2.75, 3.05) is 25.5 Å². The van der Waals surface area contributed by atoms with Crippen LogP contribution < -0.4 is 15.3 Å². The molecule has 14 heteroatoms. The van der Waals surface area contributed by atoms with Gasteiger partial charge in [-0.25, -0.2) is 19.2 Å². The molecule has 5 atom stereocenters. The Hall–Kier alpha value is -3.06. The highest BCUT2D eigenvalue weighted by molar-refractivity contribution is 7.52. The van der Waals surface area contributed by atoms with E-state index in [0.717, 1.165) is 12.8 Å². The number of para-hydroxylation sites is 1. The van der Waals surface area contributed by atoms with Gasteiger partial charge in [0.15, 0.2) is 5.82 Å². The molecule has 1 aliphatic heterocycles. The van der Waals surface area contributed by atoms with Gasteiger partial charge in [0.2, 0.25) is 0 Å². The second-order valence-electron chi connectivity index (χ2n) is 10.3. The Labute approximate surface area is 224 Å². The molecule has 1 aliphatic carbocycles. The molecule has 3 aromatic rings. The number of nitrogen functional groups attached to an aromatic ring is 1. The molecule has 39 heavy (non-hydrogen) atoms. The van der Waals surface area contributed by atoms with Crippen molar-refractivity contribution in [3.8, 4) is 5.75 Å². The summed E-state index contributed by atoms with van der Waals surface area (Å²) in [5.74, 6) is 0.227. The number of nitrogens with one attached hydrogen (secondary N) is 1. The smallest absolute Gasteiger partial charge is 0.458 e. The van der Waals surface area contributed by atoms with Crippen molar-refractivity contribution in [2.45, 2.75) is 50.6 Å². The van der Waals surface area contributed by atoms with E-state index in [1.807, 2.05) is 6.92 Å². The summed E-state index contributed by atoms with van der Waals surface area (Å²) in [4.78, 5) is 16.1. The number of aromatic nitrogens is 3. The number of rotatable bonds is 11. The molecule has 0 spiro atoms. The number of hydrogen-bond acceptors (Lipinski definition) is 11. The van der Waals surface area contributed by atoms with E-state index in [4.69, 9.17) is 24.3 Å². The summed E-state index contributed by atoms with van der Waals surface area (Å²) in [6.07, 6.45) is -0.903. The van der Waals surface area contributed by atoms with Crippen LogP contribution in [0.3, 0.4) is 0 Å². The summed E-state index contributed by atoms with van der Waals surface area (Å²) in [5.41, 5.74) is 4.96. The third-order valence-corrected chi connectivity index (χ3v) is 8.61. The SMILES string of the molecule is CC1(C(=O)OCCNP(=O)(OC[C@@]2(C)O[C@@H](c3ccc4c(N)ncnn34)[C@H](O)[C@@H]2O)Oc2ccccc2)CC1. The van der Waals surface area contributed by atoms with Crippen molar-refractivity contribution in [2.24, 2.45) is 5.41 Å². The van der Waals surface area contributed by atoms with E-state index in [1.54, 1.807) is 42.5 Å². The maximum absolute atomic E-state index is 13.7. The molecule has 0 bridgehead atoms. The first-order valence-corrected chi connectivity index (χ1v) is 14.1. The molecule has 1 saturated carbocycles. The Morgan fingerprint density at radius 3 is 2.69 bits per heavy atom. The summed E-state index contributed by atoms with van der Waals surface area (Å²) in [6, 6.07) is 11.8. The number of nitrogens with two attached hydrogens (primary N) is 1. The minimum absolute atomic E-state index is 0.00538. The van der Waals surface area contributed by atoms with Gasteiger partial charge in [0.25, 0.3) is 0 Å². The zero-order valence-corrected chi connectivity index (χ0v) is 22.5. The first kappa shape index (κ1) is 27.5. The van der Waals surface area contributed by atoms with Gasteiger partial charge in [-0.15, -0.1) is 0 Å². The molecule has 13 nitrogen and oxygen atoms in total. The van der Waals surface area contributed by atoms with Gasteiger partial charge in [-0.05, 0) is 51.0 Å². The molecule has 2 aliphatic rings. The van der Waals surface area contributed by atoms with Crippen molar-refractivity contribution in [3.05, 3.63) is 54.5 Å². The lowest BCUT2D eigenvalue weighted by Gasteiger charge is -2.29. The Morgan fingerprint density at radius 1 is 1.23 bits per heavy atom. The molecule has 1 aromatic carbocycles. The molecule has 3 heterocycles. The normalized spacial score (nSPS) is 27.2. The Morgan fingerprint density at radius 2 is 1.97 bits per heavy atom. The third kappa shape index (κ3) is 5.65. The molecule has 5 rings (SSSR count). The van der Waals surface area contributed by atoms with Crippen LogP contribution in [0.4, 0.5) is 5.82 Å². The number of hydrogen-bond donors (Lipinski definition) is 4. The second kappa shape index (κ2) is 10.5. The minimum Gasteiger partial charge on any atom is -0.464 e. The quantitative estimate of drug-likeness (QED) is 0.152. The fraction of sp³-hybridized carbons (Fsp3) is 0.480. The predicted octanol–water partition coefficient (Wildman–Crippen LogP) is 2.00.